The smallest absolute Gasteiger partial charge is 0.321 e. The Morgan fingerprint density at radius 2 is 1.61 bits per heavy atom. The van der Waals surface area contributed by atoms with E-state index in [1.165, 1.54) is 6.07 Å². The molecule has 4 atom stereocenters. The number of phenols is 1. The molecule has 2 aromatic carbocycles. The predicted octanol–water partition coefficient (Wildman–Crippen LogP) is 1.91. The van der Waals surface area contributed by atoms with Crippen LogP contribution in [0.1, 0.15) is 22.7 Å². The molecule has 0 radical (unpaired) electrons. The van der Waals surface area contributed by atoms with E-state index in [2.05, 4.69) is 5.32 Å². The lowest BCUT2D eigenvalue weighted by Crippen LogP contribution is -2.43. The van der Waals surface area contributed by atoms with Gasteiger partial charge in [0, 0.05) is 11.6 Å². The molecule has 144 valence electrons. The number of carboxylic acids is 1. The van der Waals surface area contributed by atoms with Crippen LogP contribution in [-0.4, -0.2) is 34.0 Å². The highest BCUT2D eigenvalue weighted by atomic mass is 16.4. The minimum atomic E-state index is -1.21. The molecule has 2 aliphatic rings. The number of benzene rings is 2. The summed E-state index contributed by atoms with van der Waals surface area (Å²) < 4.78 is 0. The number of anilines is 1. The fraction of sp³-hybridized carbons (Fsp3) is 0.286. The van der Waals surface area contributed by atoms with Crippen molar-refractivity contribution in [1.82, 2.24) is 5.32 Å². The Hall–Kier alpha value is -3.19. The normalized spacial score (nSPS) is 26.6. The van der Waals surface area contributed by atoms with Crippen LogP contribution in [0.4, 0.5) is 5.69 Å². The molecule has 7 heteroatoms. The topological polar surface area (TPSA) is 107 Å². The van der Waals surface area contributed by atoms with E-state index in [-0.39, 0.29) is 5.75 Å². The van der Waals surface area contributed by atoms with E-state index >= 15 is 0 Å². The summed E-state index contributed by atoms with van der Waals surface area (Å²) in [6.07, 6.45) is 0. The van der Waals surface area contributed by atoms with Gasteiger partial charge in [0.15, 0.2) is 0 Å². The second-order valence-electron chi connectivity index (χ2n) is 7.43. The van der Waals surface area contributed by atoms with Crippen molar-refractivity contribution >= 4 is 23.5 Å². The minimum absolute atomic E-state index is 0.0464. The van der Waals surface area contributed by atoms with Gasteiger partial charge in [-0.15, -0.1) is 0 Å². The molecule has 28 heavy (non-hydrogen) atoms. The van der Waals surface area contributed by atoms with E-state index in [9.17, 15) is 24.6 Å². The number of amides is 2. The largest absolute Gasteiger partial charge is 0.508 e. The first-order valence-corrected chi connectivity index (χ1v) is 9.02. The van der Waals surface area contributed by atoms with Gasteiger partial charge in [0.1, 0.15) is 11.8 Å². The highest BCUT2D eigenvalue weighted by Gasteiger charge is 2.61. The fourth-order valence-corrected chi connectivity index (χ4v) is 4.41. The van der Waals surface area contributed by atoms with Crippen LogP contribution >= 0.6 is 0 Å². The first-order valence-electron chi connectivity index (χ1n) is 9.02. The SMILES string of the molecule is Cc1cc(C)cc(N2C(=O)C3C(C(=O)O)NC(c4ccccc4O)C3C2=O)c1. The molecule has 0 aromatic heterocycles. The number of aliphatic carboxylic acids is 1. The number of aryl methyl sites for hydroxylation is 2. The maximum Gasteiger partial charge on any atom is 0.321 e. The van der Waals surface area contributed by atoms with Crippen LogP contribution in [0, 0.1) is 25.7 Å². The Morgan fingerprint density at radius 1 is 1.00 bits per heavy atom. The number of para-hydroxylation sites is 1. The maximum absolute atomic E-state index is 13.3. The zero-order valence-corrected chi connectivity index (χ0v) is 15.4. The number of carboxylic acid groups (broad SMARTS) is 1. The molecule has 2 amide bonds. The van der Waals surface area contributed by atoms with Crippen LogP contribution in [0.3, 0.4) is 0 Å². The highest BCUT2D eigenvalue weighted by molar-refractivity contribution is 6.23. The second-order valence-corrected chi connectivity index (χ2v) is 7.43. The first-order chi connectivity index (χ1) is 13.3. The molecule has 2 aliphatic heterocycles. The third-order valence-electron chi connectivity index (χ3n) is 5.48. The number of nitrogens with zero attached hydrogens (tertiary/aromatic N) is 1. The number of rotatable bonds is 3. The standard InChI is InChI=1S/C21H20N2O5/c1-10-7-11(2)9-12(8-10)23-19(25)15-16(20(23)26)18(21(27)28)22-17(15)13-5-3-4-6-14(13)24/h3-9,15-18,22,24H,1-2H3,(H,27,28). The summed E-state index contributed by atoms with van der Waals surface area (Å²) in [4.78, 5) is 39.3. The lowest BCUT2D eigenvalue weighted by Gasteiger charge is -2.22. The van der Waals surface area contributed by atoms with Crippen molar-refractivity contribution in [2.24, 2.45) is 11.8 Å². The molecule has 4 rings (SSSR count). The van der Waals surface area contributed by atoms with Gasteiger partial charge in [-0.2, -0.15) is 0 Å². The predicted molar refractivity (Wildman–Crippen MR) is 101 cm³/mol. The quantitative estimate of drug-likeness (QED) is 0.703. The first kappa shape index (κ1) is 18.2. The van der Waals surface area contributed by atoms with Crippen LogP contribution in [0.5, 0.6) is 5.75 Å². The highest BCUT2D eigenvalue weighted by Crippen LogP contribution is 2.47. The molecular formula is C21H20N2O5. The third kappa shape index (κ3) is 2.66. The van der Waals surface area contributed by atoms with E-state index in [4.69, 9.17) is 0 Å². The van der Waals surface area contributed by atoms with Gasteiger partial charge in [-0.05, 0) is 43.2 Å². The molecule has 3 N–H and O–H groups in total. The lowest BCUT2D eigenvalue weighted by atomic mass is 9.86. The van der Waals surface area contributed by atoms with Crippen LogP contribution in [0.15, 0.2) is 42.5 Å². The zero-order valence-electron chi connectivity index (χ0n) is 15.4. The molecule has 0 saturated carbocycles. The van der Waals surface area contributed by atoms with Crippen molar-refractivity contribution in [2.75, 3.05) is 4.90 Å². The summed E-state index contributed by atoms with van der Waals surface area (Å²) in [5.74, 6) is -4.16. The number of hydrogen-bond donors (Lipinski definition) is 3. The second kappa shape index (κ2) is 6.45. The van der Waals surface area contributed by atoms with Gasteiger partial charge >= 0.3 is 5.97 Å². The number of nitrogens with one attached hydrogen (secondary N) is 1. The minimum Gasteiger partial charge on any atom is -0.508 e. The molecule has 2 fully saturated rings. The number of carbonyl (C=O) groups excluding carboxylic acids is 2. The van der Waals surface area contributed by atoms with Gasteiger partial charge in [0.05, 0.1) is 17.5 Å². The summed E-state index contributed by atoms with van der Waals surface area (Å²) in [6.45, 7) is 3.74. The molecule has 2 aromatic rings. The lowest BCUT2D eigenvalue weighted by molar-refractivity contribution is -0.142. The molecule has 2 heterocycles. The van der Waals surface area contributed by atoms with Gasteiger partial charge in [0.25, 0.3) is 0 Å². The van der Waals surface area contributed by atoms with E-state index in [1.54, 1.807) is 30.3 Å². The van der Waals surface area contributed by atoms with Crippen molar-refractivity contribution in [1.29, 1.82) is 0 Å². The van der Waals surface area contributed by atoms with E-state index in [0.717, 1.165) is 16.0 Å². The van der Waals surface area contributed by atoms with Crippen molar-refractivity contribution in [3.63, 3.8) is 0 Å². The molecule has 0 spiro atoms. The van der Waals surface area contributed by atoms with Crippen LogP contribution < -0.4 is 10.2 Å². The average Bonchev–Trinajstić information content (AvgIpc) is 3.12. The number of phenolic OH excluding ortho intramolecular Hbond substituents is 1. The monoisotopic (exact) mass is 380 g/mol. The van der Waals surface area contributed by atoms with Gasteiger partial charge in [-0.3, -0.25) is 19.7 Å². The zero-order chi connectivity index (χ0) is 20.2. The van der Waals surface area contributed by atoms with Gasteiger partial charge in [-0.1, -0.05) is 24.3 Å². The number of carbonyl (C=O) groups is 3. The molecular weight excluding hydrogens is 360 g/mol. The summed E-state index contributed by atoms with van der Waals surface area (Å²) in [5.41, 5.74) is 2.65. The Labute approximate surface area is 161 Å². The summed E-state index contributed by atoms with van der Waals surface area (Å²) in [5, 5.41) is 22.7. The van der Waals surface area contributed by atoms with Crippen molar-refractivity contribution in [2.45, 2.75) is 25.9 Å². The van der Waals surface area contributed by atoms with Crippen LogP contribution in [0.2, 0.25) is 0 Å². The number of imide groups is 1. The van der Waals surface area contributed by atoms with E-state index in [1.807, 2.05) is 19.9 Å². The molecule has 7 nitrogen and oxygen atoms in total. The van der Waals surface area contributed by atoms with E-state index in [0.29, 0.717) is 11.3 Å². The summed E-state index contributed by atoms with van der Waals surface area (Å²) in [7, 11) is 0. The molecule has 2 saturated heterocycles. The molecule has 0 bridgehead atoms. The van der Waals surface area contributed by atoms with Crippen molar-refractivity contribution < 1.29 is 24.6 Å². The molecule has 0 aliphatic carbocycles. The van der Waals surface area contributed by atoms with Gasteiger partial charge in [-0.25, -0.2) is 4.90 Å². The third-order valence-corrected chi connectivity index (χ3v) is 5.48. The van der Waals surface area contributed by atoms with Crippen LogP contribution in [0.25, 0.3) is 0 Å². The average molecular weight is 380 g/mol. The summed E-state index contributed by atoms with van der Waals surface area (Å²) >= 11 is 0. The maximum atomic E-state index is 13.3. The van der Waals surface area contributed by atoms with E-state index < -0.39 is 41.7 Å². The fourth-order valence-electron chi connectivity index (χ4n) is 4.41. The Balaban J connectivity index is 1.81. The van der Waals surface area contributed by atoms with Crippen molar-refractivity contribution in [3.05, 3.63) is 59.2 Å². The number of hydrogen-bond acceptors (Lipinski definition) is 5. The van der Waals surface area contributed by atoms with Crippen molar-refractivity contribution in [3.8, 4) is 5.75 Å². The molecule has 4 unspecified atom stereocenters. The number of fused-ring (bicyclic) bond motifs is 1. The van der Waals surface area contributed by atoms with Gasteiger partial charge < -0.3 is 10.2 Å². The Kier molecular flexibility index (Phi) is 4.19. The van der Waals surface area contributed by atoms with Crippen LogP contribution in [-0.2, 0) is 14.4 Å². The van der Waals surface area contributed by atoms with Gasteiger partial charge in [0.2, 0.25) is 11.8 Å². The number of aromatic hydroxyl groups is 1. The Bertz CT molecular complexity index is 982. The Morgan fingerprint density at radius 3 is 2.21 bits per heavy atom. The summed E-state index contributed by atoms with van der Waals surface area (Å²) in [6, 6.07) is 9.88.